The second-order valence-electron chi connectivity index (χ2n) is 0. The Morgan fingerprint density at radius 2 is 0.750 bits per heavy atom. The molecule has 43 valence electrons. The maximum absolute atomic E-state index is 0. The van der Waals surface area contributed by atoms with E-state index in [-0.39, 0.29) is 94.8 Å². The van der Waals surface area contributed by atoms with E-state index in [1.165, 1.54) is 0 Å². The fraction of sp³-hybridized carbons (Fsp3) is 0. The van der Waals surface area contributed by atoms with Gasteiger partial charge < -0.3 is 11.0 Å². The summed E-state index contributed by atoms with van der Waals surface area (Å²) in [5, 5.41) is 0. The van der Waals surface area contributed by atoms with E-state index in [0.717, 1.165) is 0 Å². The Morgan fingerprint density at radius 1 is 0.750 bits per heavy atom. The van der Waals surface area contributed by atoms with E-state index in [1.54, 1.807) is 0 Å². The van der Waals surface area contributed by atoms with Gasteiger partial charge in [-0.3, -0.25) is 0 Å². The minimum Gasteiger partial charge on any atom is -0.412 e. The van der Waals surface area contributed by atoms with Gasteiger partial charge in [0.15, 0.2) is 0 Å². The van der Waals surface area contributed by atoms with E-state index in [2.05, 4.69) is 0 Å². The van der Waals surface area contributed by atoms with Crippen LogP contribution in [0.15, 0.2) is 0 Å². The van der Waals surface area contributed by atoms with E-state index in [1.807, 2.05) is 0 Å². The molecule has 0 atom stereocenters. The van der Waals surface area contributed by atoms with Crippen molar-refractivity contribution in [1.82, 2.24) is 0 Å². The van der Waals surface area contributed by atoms with Crippen molar-refractivity contribution in [1.29, 1.82) is 0 Å². The van der Waals surface area contributed by atoms with E-state index in [4.69, 9.17) is 0 Å². The second-order valence-corrected chi connectivity index (χ2v) is 0. The van der Waals surface area contributed by atoms with Gasteiger partial charge in [-0.2, -0.15) is 0 Å². The third-order valence-corrected chi connectivity index (χ3v) is 0. The summed E-state index contributed by atoms with van der Waals surface area (Å²) in [6.45, 7) is 0. The molecular weight excluding hydrogens is 374 g/mol. The molecule has 0 unspecified atom stereocenters. The molecule has 0 spiro atoms. The molecule has 4 N–H and O–H groups in total. The molecule has 0 saturated carbocycles. The molecule has 0 amide bonds. The third kappa shape index (κ3) is 8.82. The zero-order valence-corrected chi connectivity index (χ0v) is 5.04. The first-order chi connectivity index (χ1) is 0. The Labute approximate surface area is 92.4 Å². The predicted octanol–water partition coefficient (Wildman–Crippen LogP) is -1.65. The molecule has 4 heavy (non-hydrogen) atoms. The van der Waals surface area contributed by atoms with Crippen molar-refractivity contribution in [2.75, 3.05) is 0 Å². The van der Waals surface area contributed by atoms with Crippen LogP contribution in [0.5, 0.6) is 0 Å². The summed E-state index contributed by atoms with van der Waals surface area (Å²) in [6, 6.07) is 0. The van der Waals surface area contributed by atoms with Gasteiger partial charge in [0.05, 0.1) is 0 Å². The topological polar surface area (TPSA) is 63.0 Å². The number of rotatable bonds is 0. The van der Waals surface area contributed by atoms with E-state index < -0.39 is 0 Å². The summed E-state index contributed by atoms with van der Waals surface area (Å²) in [7, 11) is 0. The molecule has 0 aliphatic heterocycles. The minimum absolute atomic E-state index is 0. The zero-order chi connectivity index (χ0) is 0. The first-order valence-corrected chi connectivity index (χ1v) is 0. The molecule has 0 aliphatic rings. The van der Waals surface area contributed by atoms with Crippen molar-refractivity contribution in [3.05, 3.63) is 0 Å². The molecular formula is H4O2TmYb. The van der Waals surface area contributed by atoms with E-state index in [0.29, 0.717) is 0 Å². The standard InChI is InChI=1S/2H2O.Tm.Yb/h2*1H2;;. The Morgan fingerprint density at radius 3 is 0.750 bits per heavy atom. The van der Waals surface area contributed by atoms with E-state index >= 15 is 0 Å². The van der Waals surface area contributed by atoms with Gasteiger partial charge in [-0.25, -0.2) is 0 Å². The molecule has 4 heteroatoms. The Balaban J connectivity index is 0. The van der Waals surface area contributed by atoms with Crippen LogP contribution in [-0.2, 0) is 0 Å². The van der Waals surface area contributed by atoms with Crippen LogP contribution in [0.4, 0.5) is 0 Å². The largest absolute Gasteiger partial charge is 0.412 e. The second kappa shape index (κ2) is 17.3. The molecule has 0 aliphatic carbocycles. The molecule has 0 bridgehead atoms. The van der Waals surface area contributed by atoms with Crippen LogP contribution in [0.1, 0.15) is 0 Å². The normalized spacial score (nSPS) is 0. The van der Waals surface area contributed by atoms with Crippen LogP contribution in [-0.4, -0.2) is 11.0 Å². The summed E-state index contributed by atoms with van der Waals surface area (Å²) in [6.07, 6.45) is 0. The Hall–Kier alpha value is 2.67. The van der Waals surface area contributed by atoms with Gasteiger partial charge in [-0.05, 0) is 0 Å². The minimum atomic E-state index is 0. The van der Waals surface area contributed by atoms with Crippen molar-refractivity contribution < 1.29 is 94.8 Å². The Bertz CT molecular complexity index is 6.00. The summed E-state index contributed by atoms with van der Waals surface area (Å²) in [5.41, 5.74) is 0. The third-order valence-electron chi connectivity index (χ3n) is 0. The van der Waals surface area contributed by atoms with Gasteiger partial charge in [0.1, 0.15) is 0 Å². The van der Waals surface area contributed by atoms with Gasteiger partial charge in [0.2, 0.25) is 0 Å². The quantitative estimate of drug-likeness (QED) is 0.485. The van der Waals surface area contributed by atoms with Gasteiger partial charge in [-0.1, -0.05) is 0 Å². The molecule has 0 aromatic heterocycles. The van der Waals surface area contributed by atoms with Gasteiger partial charge in [0.25, 0.3) is 0 Å². The predicted molar refractivity (Wildman–Crippen MR) is 7.23 cm³/mol. The maximum atomic E-state index is 0. The van der Waals surface area contributed by atoms with Crippen LogP contribution in [0.3, 0.4) is 0 Å². The number of hydrogen-bond acceptors (Lipinski definition) is 0. The summed E-state index contributed by atoms with van der Waals surface area (Å²) >= 11 is 0. The van der Waals surface area contributed by atoms with Crippen molar-refractivity contribution in [3.63, 3.8) is 0 Å². The van der Waals surface area contributed by atoms with Gasteiger partial charge >= 0.3 is 0 Å². The molecule has 0 fully saturated rings. The molecule has 0 heterocycles. The maximum Gasteiger partial charge on any atom is 0 e. The van der Waals surface area contributed by atoms with Crippen LogP contribution >= 0.6 is 0 Å². The van der Waals surface area contributed by atoms with Crippen molar-refractivity contribution in [2.24, 2.45) is 0 Å². The van der Waals surface area contributed by atoms with Gasteiger partial charge in [0, 0.05) is 83.8 Å². The van der Waals surface area contributed by atoms with E-state index in [9.17, 15) is 0 Å². The fourth-order valence-corrected chi connectivity index (χ4v) is 0. The average molecular weight is 378 g/mol. The molecule has 2 nitrogen and oxygen atoms in total. The van der Waals surface area contributed by atoms with Gasteiger partial charge in [-0.15, -0.1) is 0 Å². The molecule has 0 rings (SSSR count). The molecule has 0 aromatic rings. The first-order valence-electron chi connectivity index (χ1n) is 0. The SMILES string of the molecule is O.O.[Tm].[Yb]. The average Bonchev–Trinajstić information content (AvgIpc) is 0. The fourth-order valence-electron chi connectivity index (χ4n) is 0. The summed E-state index contributed by atoms with van der Waals surface area (Å²) in [5.74, 6) is 0. The smallest absolute Gasteiger partial charge is 0 e. The van der Waals surface area contributed by atoms with Crippen molar-refractivity contribution in [2.45, 2.75) is 0 Å². The molecule has 1 radical (unpaired) electrons. The summed E-state index contributed by atoms with van der Waals surface area (Å²) in [4.78, 5) is 0. The number of hydrogen-bond donors (Lipinski definition) is 0. The van der Waals surface area contributed by atoms with Crippen molar-refractivity contribution >= 4 is 0 Å². The van der Waals surface area contributed by atoms with Crippen molar-refractivity contribution in [3.8, 4) is 0 Å². The molecule has 0 saturated heterocycles. The zero-order valence-electron chi connectivity index (χ0n) is 1.54. The van der Waals surface area contributed by atoms with Crippen LogP contribution < -0.4 is 0 Å². The summed E-state index contributed by atoms with van der Waals surface area (Å²) < 4.78 is 0. The first kappa shape index (κ1) is 30.1. The monoisotopic (exact) mass is 379 g/mol. The Kier molecular flexibility index (Phi) is 130. The van der Waals surface area contributed by atoms with Crippen LogP contribution in [0.25, 0.3) is 0 Å². The van der Waals surface area contributed by atoms with Crippen LogP contribution in [0, 0.1) is 83.8 Å². The van der Waals surface area contributed by atoms with Crippen LogP contribution in [0.2, 0.25) is 0 Å². The molecule has 0 aromatic carbocycles.